The third-order valence-corrected chi connectivity index (χ3v) is 3.50. The van der Waals surface area contributed by atoms with Gasteiger partial charge in [0.15, 0.2) is 0 Å². The number of carbonyl (C=O) groups is 3. The van der Waals surface area contributed by atoms with E-state index in [1.165, 1.54) is 21.9 Å². The van der Waals surface area contributed by atoms with Crippen LogP contribution >= 0.6 is 0 Å². The highest BCUT2D eigenvalue weighted by molar-refractivity contribution is 6.35. The van der Waals surface area contributed by atoms with Crippen LogP contribution < -0.4 is 0 Å². The van der Waals surface area contributed by atoms with E-state index in [0.717, 1.165) is 5.56 Å². The molecule has 1 aromatic carbocycles. The van der Waals surface area contributed by atoms with Crippen molar-refractivity contribution in [3.8, 4) is 0 Å². The van der Waals surface area contributed by atoms with Crippen molar-refractivity contribution in [3.63, 3.8) is 0 Å². The number of carboxylic acids is 1. The lowest BCUT2D eigenvalue weighted by atomic mass is 10.2. The number of nitrogens with zero attached hydrogens (tertiary/aromatic N) is 2. The molecule has 1 aliphatic heterocycles. The van der Waals surface area contributed by atoms with Gasteiger partial charge in [-0.1, -0.05) is 12.1 Å². The van der Waals surface area contributed by atoms with Crippen molar-refractivity contribution in [2.24, 2.45) is 0 Å². The second-order valence-electron chi connectivity index (χ2n) is 5.14. The van der Waals surface area contributed by atoms with Gasteiger partial charge in [-0.05, 0) is 24.1 Å². The van der Waals surface area contributed by atoms with Crippen molar-refractivity contribution < 1.29 is 23.9 Å². The van der Waals surface area contributed by atoms with Crippen LogP contribution in [0.3, 0.4) is 0 Å². The molecule has 7 heteroatoms. The number of hydrogen-bond donors (Lipinski definition) is 1. The zero-order valence-electron chi connectivity index (χ0n) is 12.0. The summed E-state index contributed by atoms with van der Waals surface area (Å²) < 4.78 is 12.8. The lowest BCUT2D eigenvalue weighted by Crippen LogP contribution is -2.54. The maximum absolute atomic E-state index is 12.8. The summed E-state index contributed by atoms with van der Waals surface area (Å²) in [6.07, 6.45) is 0.295. The maximum atomic E-state index is 12.8. The highest BCUT2D eigenvalue weighted by Crippen LogP contribution is 2.12. The highest BCUT2D eigenvalue weighted by Gasteiger charge is 2.32. The molecular weight excluding hydrogens is 291 g/mol. The molecule has 0 unspecified atom stereocenters. The molecular formula is C15H17FN2O4. The van der Waals surface area contributed by atoms with E-state index in [-0.39, 0.29) is 25.3 Å². The second kappa shape index (κ2) is 7.02. The smallest absolute Gasteiger partial charge is 0.312 e. The van der Waals surface area contributed by atoms with Gasteiger partial charge in [0, 0.05) is 32.6 Å². The molecule has 118 valence electrons. The van der Waals surface area contributed by atoms with Crippen LogP contribution in [0, 0.1) is 5.82 Å². The van der Waals surface area contributed by atoms with E-state index in [1.54, 1.807) is 12.1 Å². The summed E-state index contributed by atoms with van der Waals surface area (Å²) in [5.74, 6) is -2.49. The summed E-state index contributed by atoms with van der Waals surface area (Å²) in [6.45, 7) is 1.29. The minimum atomic E-state index is -0.922. The van der Waals surface area contributed by atoms with Gasteiger partial charge >= 0.3 is 17.8 Å². The van der Waals surface area contributed by atoms with Gasteiger partial charge in [0.05, 0.1) is 0 Å². The number of carboxylic acid groups (broad SMARTS) is 1. The summed E-state index contributed by atoms with van der Waals surface area (Å²) in [5, 5.41) is 8.58. The van der Waals surface area contributed by atoms with Crippen LogP contribution in [-0.4, -0.2) is 52.3 Å². The van der Waals surface area contributed by atoms with Crippen molar-refractivity contribution in [2.45, 2.75) is 19.4 Å². The molecule has 0 radical (unpaired) electrons. The molecule has 22 heavy (non-hydrogen) atoms. The predicted molar refractivity (Wildman–Crippen MR) is 75.3 cm³/mol. The summed E-state index contributed by atoms with van der Waals surface area (Å²) >= 11 is 0. The Morgan fingerprint density at radius 2 is 1.68 bits per heavy atom. The van der Waals surface area contributed by atoms with Crippen LogP contribution in [-0.2, 0) is 20.9 Å². The topological polar surface area (TPSA) is 77.9 Å². The Balaban J connectivity index is 1.90. The molecule has 1 N–H and O–H groups in total. The Kier molecular flexibility index (Phi) is 5.08. The van der Waals surface area contributed by atoms with E-state index in [0.29, 0.717) is 19.5 Å². The summed E-state index contributed by atoms with van der Waals surface area (Å²) in [5.41, 5.74) is 0.752. The van der Waals surface area contributed by atoms with Gasteiger partial charge in [0.25, 0.3) is 0 Å². The van der Waals surface area contributed by atoms with E-state index >= 15 is 0 Å². The highest BCUT2D eigenvalue weighted by atomic mass is 19.1. The molecule has 0 saturated carbocycles. The number of hydrogen-bond acceptors (Lipinski definition) is 3. The first kappa shape index (κ1) is 15.9. The Hall–Kier alpha value is -2.44. The minimum Gasteiger partial charge on any atom is -0.481 e. The average Bonchev–Trinajstić information content (AvgIpc) is 2.48. The molecule has 0 bridgehead atoms. The second-order valence-corrected chi connectivity index (χ2v) is 5.14. The maximum Gasteiger partial charge on any atom is 0.312 e. The molecule has 1 heterocycles. The summed E-state index contributed by atoms with van der Waals surface area (Å²) in [4.78, 5) is 37.3. The fraction of sp³-hybridized carbons (Fsp3) is 0.400. The van der Waals surface area contributed by atoms with Gasteiger partial charge in [-0.15, -0.1) is 0 Å². The van der Waals surface area contributed by atoms with Crippen LogP contribution in [0.15, 0.2) is 24.3 Å². The fourth-order valence-corrected chi connectivity index (χ4v) is 2.31. The molecule has 6 nitrogen and oxygen atoms in total. The third-order valence-electron chi connectivity index (χ3n) is 3.50. The van der Waals surface area contributed by atoms with Crippen molar-refractivity contribution >= 4 is 17.8 Å². The van der Waals surface area contributed by atoms with Gasteiger partial charge in [0.2, 0.25) is 0 Å². The van der Waals surface area contributed by atoms with Gasteiger partial charge in [-0.3, -0.25) is 14.4 Å². The van der Waals surface area contributed by atoms with E-state index in [4.69, 9.17) is 5.11 Å². The Bertz CT molecular complexity index is 573. The molecule has 1 aromatic rings. The van der Waals surface area contributed by atoms with Gasteiger partial charge in [0.1, 0.15) is 5.82 Å². The molecule has 0 aliphatic carbocycles. The minimum absolute atomic E-state index is 0.0305. The molecule has 1 saturated heterocycles. The summed E-state index contributed by atoms with van der Waals surface area (Å²) in [6, 6.07) is 5.77. The molecule has 2 rings (SSSR count). The number of halogens is 1. The lowest BCUT2D eigenvalue weighted by Gasteiger charge is -2.33. The molecule has 1 aliphatic rings. The number of aliphatic carboxylic acids is 1. The fourth-order valence-electron chi connectivity index (χ4n) is 2.31. The Morgan fingerprint density at radius 3 is 2.32 bits per heavy atom. The predicted octanol–water partition coefficient (Wildman–Crippen LogP) is 0.861. The molecule has 1 fully saturated rings. The number of piperazine rings is 1. The quantitative estimate of drug-likeness (QED) is 0.791. The molecule has 0 spiro atoms. The van der Waals surface area contributed by atoms with Gasteiger partial charge < -0.3 is 14.9 Å². The first-order valence-electron chi connectivity index (χ1n) is 7.02. The van der Waals surface area contributed by atoms with Crippen LogP contribution in [0.2, 0.25) is 0 Å². The number of benzene rings is 1. The van der Waals surface area contributed by atoms with Crippen molar-refractivity contribution in [1.82, 2.24) is 9.80 Å². The van der Waals surface area contributed by atoms with Crippen molar-refractivity contribution in [3.05, 3.63) is 35.6 Å². The number of carbonyl (C=O) groups excluding carboxylic acids is 2. The number of amides is 2. The molecule has 2 amide bonds. The Morgan fingerprint density at radius 1 is 1.09 bits per heavy atom. The van der Waals surface area contributed by atoms with E-state index < -0.39 is 17.8 Å². The van der Waals surface area contributed by atoms with Crippen molar-refractivity contribution in [2.75, 3.05) is 19.6 Å². The monoisotopic (exact) mass is 308 g/mol. The molecule has 0 aromatic heterocycles. The van der Waals surface area contributed by atoms with E-state index in [1.807, 2.05) is 0 Å². The van der Waals surface area contributed by atoms with Gasteiger partial charge in [-0.25, -0.2) is 4.39 Å². The third kappa shape index (κ3) is 4.03. The zero-order valence-corrected chi connectivity index (χ0v) is 12.0. The van der Waals surface area contributed by atoms with Crippen LogP contribution in [0.4, 0.5) is 4.39 Å². The average molecular weight is 308 g/mol. The van der Waals surface area contributed by atoms with E-state index in [2.05, 4.69) is 0 Å². The molecule has 0 atom stereocenters. The first-order valence-corrected chi connectivity index (χ1v) is 7.02. The van der Waals surface area contributed by atoms with Crippen molar-refractivity contribution in [1.29, 1.82) is 0 Å². The SMILES string of the molecule is O=C(O)CCCN1CCN(Cc2ccc(F)cc2)C(=O)C1=O. The normalized spacial score (nSPS) is 15.3. The van der Waals surface area contributed by atoms with Crippen LogP contribution in [0.5, 0.6) is 0 Å². The largest absolute Gasteiger partial charge is 0.481 e. The standard InChI is InChI=1S/C15H17FN2O4/c16-12-5-3-11(4-6-12)10-18-9-8-17(14(21)15(18)22)7-1-2-13(19)20/h3-6H,1-2,7-10H2,(H,19,20). The van der Waals surface area contributed by atoms with Crippen LogP contribution in [0.1, 0.15) is 18.4 Å². The van der Waals surface area contributed by atoms with Crippen LogP contribution in [0.25, 0.3) is 0 Å². The van der Waals surface area contributed by atoms with E-state index in [9.17, 15) is 18.8 Å². The first-order chi connectivity index (χ1) is 10.5. The Labute approximate surface area is 127 Å². The summed E-state index contributed by atoms with van der Waals surface area (Å²) in [7, 11) is 0. The van der Waals surface area contributed by atoms with Gasteiger partial charge in [-0.2, -0.15) is 0 Å². The number of rotatable bonds is 6. The lowest BCUT2D eigenvalue weighted by molar-refractivity contribution is -0.156. The zero-order chi connectivity index (χ0) is 16.1.